The first-order valence-electron chi connectivity index (χ1n) is 11.0. The molecule has 0 atom stereocenters. The summed E-state index contributed by atoms with van der Waals surface area (Å²) in [7, 11) is 0. The molecule has 0 aliphatic rings. The van der Waals surface area contributed by atoms with Crippen LogP contribution in [0.25, 0.3) is 34.0 Å². The van der Waals surface area contributed by atoms with Crippen molar-refractivity contribution in [1.82, 2.24) is 10.1 Å². The number of hydrogen-bond donors (Lipinski definition) is 0. The lowest BCUT2D eigenvalue weighted by Crippen LogP contribution is -1.96. The molecule has 0 aliphatic carbocycles. The van der Waals surface area contributed by atoms with Gasteiger partial charge in [-0.3, -0.25) is 0 Å². The maximum Gasteiger partial charge on any atom is 0.258 e. The van der Waals surface area contributed by atoms with Crippen LogP contribution < -0.4 is 4.74 Å². The van der Waals surface area contributed by atoms with E-state index in [0.29, 0.717) is 11.7 Å². The first kappa shape index (κ1) is 20.9. The molecule has 0 N–H and O–H groups in total. The highest BCUT2D eigenvalue weighted by atomic mass is 16.5. The number of aromatic nitrogens is 2. The van der Waals surface area contributed by atoms with Gasteiger partial charge in [-0.2, -0.15) is 4.98 Å². The predicted octanol–water partition coefficient (Wildman–Crippen LogP) is 7.34. The van der Waals surface area contributed by atoms with Gasteiger partial charge < -0.3 is 9.26 Å². The Kier molecular flexibility index (Phi) is 6.78. The van der Waals surface area contributed by atoms with Crippen LogP contribution in [0.3, 0.4) is 0 Å². The molecule has 0 amide bonds. The van der Waals surface area contributed by atoms with E-state index in [1.807, 2.05) is 55.5 Å². The summed E-state index contributed by atoms with van der Waals surface area (Å²) in [5, 5.41) is 4.16. The van der Waals surface area contributed by atoms with E-state index < -0.39 is 0 Å². The molecule has 4 aromatic rings. The van der Waals surface area contributed by atoms with Crippen molar-refractivity contribution in [1.29, 1.82) is 0 Å². The van der Waals surface area contributed by atoms with Crippen LogP contribution in [-0.2, 0) is 0 Å². The van der Waals surface area contributed by atoms with Crippen LogP contribution in [0.1, 0.15) is 38.2 Å². The van der Waals surface area contributed by atoms with Gasteiger partial charge in [0.25, 0.3) is 5.89 Å². The van der Waals surface area contributed by atoms with Crippen LogP contribution in [0.15, 0.2) is 77.3 Å². The summed E-state index contributed by atoms with van der Waals surface area (Å²) in [5.41, 5.74) is 5.30. The van der Waals surface area contributed by atoms with E-state index in [0.717, 1.165) is 46.6 Å². The van der Waals surface area contributed by atoms with E-state index in [2.05, 4.69) is 41.3 Å². The Hall–Kier alpha value is -3.40. The molecule has 4 heteroatoms. The predicted molar refractivity (Wildman–Crippen MR) is 125 cm³/mol. The molecule has 1 heterocycles. The van der Waals surface area contributed by atoms with Crippen LogP contribution in [0, 0.1) is 6.92 Å². The summed E-state index contributed by atoms with van der Waals surface area (Å²) in [6.45, 7) is 5.04. The molecular weight excluding hydrogens is 384 g/mol. The molecule has 0 aliphatic heterocycles. The van der Waals surface area contributed by atoms with Crippen LogP contribution in [-0.4, -0.2) is 16.7 Å². The molecular formula is C27H28N2O2. The highest BCUT2D eigenvalue weighted by molar-refractivity contribution is 5.69. The average molecular weight is 413 g/mol. The van der Waals surface area contributed by atoms with Crippen molar-refractivity contribution in [3.05, 3.63) is 78.4 Å². The van der Waals surface area contributed by atoms with Gasteiger partial charge in [0, 0.05) is 11.1 Å². The van der Waals surface area contributed by atoms with Crippen molar-refractivity contribution in [2.75, 3.05) is 6.61 Å². The maximum atomic E-state index is 5.84. The largest absolute Gasteiger partial charge is 0.494 e. The average Bonchev–Trinajstić information content (AvgIpc) is 3.30. The minimum Gasteiger partial charge on any atom is -0.494 e. The summed E-state index contributed by atoms with van der Waals surface area (Å²) in [4.78, 5) is 4.58. The van der Waals surface area contributed by atoms with Crippen molar-refractivity contribution in [2.24, 2.45) is 0 Å². The molecule has 0 unspecified atom stereocenters. The van der Waals surface area contributed by atoms with Crippen LogP contribution in [0.4, 0.5) is 0 Å². The highest BCUT2D eigenvalue weighted by Gasteiger charge is 2.12. The minimum absolute atomic E-state index is 0.544. The molecule has 158 valence electrons. The fourth-order valence-corrected chi connectivity index (χ4v) is 3.54. The van der Waals surface area contributed by atoms with Gasteiger partial charge in [0.2, 0.25) is 5.82 Å². The molecule has 0 bridgehead atoms. The second kappa shape index (κ2) is 10.1. The van der Waals surface area contributed by atoms with E-state index >= 15 is 0 Å². The zero-order chi connectivity index (χ0) is 21.5. The SMILES string of the molecule is CCCCCCOc1ccc(-c2ccc(-c3noc(-c4ccccc4C)n3)cc2)cc1. The van der Waals surface area contributed by atoms with Gasteiger partial charge in [-0.15, -0.1) is 0 Å². The number of unbranched alkanes of at least 4 members (excludes halogenated alkanes) is 3. The molecule has 3 aromatic carbocycles. The Morgan fingerprint density at radius 2 is 1.45 bits per heavy atom. The van der Waals surface area contributed by atoms with Gasteiger partial charge in [0.1, 0.15) is 5.75 Å². The van der Waals surface area contributed by atoms with Crippen LogP contribution in [0.5, 0.6) is 5.75 Å². The number of rotatable bonds is 9. The minimum atomic E-state index is 0.544. The zero-order valence-electron chi connectivity index (χ0n) is 18.2. The molecule has 1 aromatic heterocycles. The second-order valence-electron chi connectivity index (χ2n) is 7.75. The number of nitrogens with zero attached hydrogens (tertiary/aromatic N) is 2. The maximum absolute atomic E-state index is 5.84. The van der Waals surface area contributed by atoms with Crippen molar-refractivity contribution < 1.29 is 9.26 Å². The summed E-state index contributed by atoms with van der Waals surface area (Å²) in [5.74, 6) is 2.06. The van der Waals surface area contributed by atoms with Gasteiger partial charge >= 0.3 is 0 Å². The Morgan fingerprint density at radius 1 is 0.774 bits per heavy atom. The number of aryl methyl sites for hydroxylation is 1. The summed E-state index contributed by atoms with van der Waals surface area (Å²) in [6.07, 6.45) is 4.86. The van der Waals surface area contributed by atoms with E-state index in [4.69, 9.17) is 9.26 Å². The Balaban J connectivity index is 1.41. The van der Waals surface area contributed by atoms with E-state index in [-0.39, 0.29) is 0 Å². The molecule has 0 saturated heterocycles. The van der Waals surface area contributed by atoms with Gasteiger partial charge in [-0.25, -0.2) is 0 Å². The van der Waals surface area contributed by atoms with Gasteiger partial charge in [0.05, 0.1) is 6.61 Å². The fourth-order valence-electron chi connectivity index (χ4n) is 3.54. The molecule has 0 fully saturated rings. The third-order valence-electron chi connectivity index (χ3n) is 5.40. The summed E-state index contributed by atoms with van der Waals surface area (Å²) >= 11 is 0. The van der Waals surface area contributed by atoms with E-state index in [9.17, 15) is 0 Å². The Labute approximate surface area is 183 Å². The van der Waals surface area contributed by atoms with Gasteiger partial charge in [0.15, 0.2) is 0 Å². The lowest BCUT2D eigenvalue weighted by molar-refractivity contribution is 0.305. The van der Waals surface area contributed by atoms with Crippen molar-refractivity contribution in [3.63, 3.8) is 0 Å². The van der Waals surface area contributed by atoms with Crippen molar-refractivity contribution in [3.8, 4) is 39.7 Å². The molecule has 0 saturated carbocycles. The Morgan fingerprint density at radius 3 is 2.16 bits per heavy atom. The third-order valence-corrected chi connectivity index (χ3v) is 5.40. The zero-order valence-corrected chi connectivity index (χ0v) is 18.2. The van der Waals surface area contributed by atoms with Crippen molar-refractivity contribution in [2.45, 2.75) is 39.5 Å². The normalized spacial score (nSPS) is 10.9. The molecule has 4 nitrogen and oxygen atoms in total. The molecule has 0 spiro atoms. The first-order valence-corrected chi connectivity index (χ1v) is 11.0. The van der Waals surface area contributed by atoms with E-state index in [1.54, 1.807) is 0 Å². The van der Waals surface area contributed by atoms with Crippen molar-refractivity contribution >= 4 is 0 Å². The van der Waals surface area contributed by atoms with Gasteiger partial charge in [-0.1, -0.05) is 85.9 Å². The van der Waals surface area contributed by atoms with E-state index in [1.165, 1.54) is 19.3 Å². The summed E-state index contributed by atoms with van der Waals surface area (Å²) in [6, 6.07) is 24.5. The quantitative estimate of drug-likeness (QED) is 0.270. The topological polar surface area (TPSA) is 48.2 Å². The monoisotopic (exact) mass is 412 g/mol. The van der Waals surface area contributed by atoms with Crippen LogP contribution in [0.2, 0.25) is 0 Å². The molecule has 4 rings (SSSR count). The standard InChI is InChI=1S/C27H28N2O2/c1-3-4-5-8-19-30-24-17-15-22(16-18-24)21-11-13-23(14-12-21)26-28-27(31-29-26)25-10-7-6-9-20(25)2/h6-7,9-18H,3-5,8,19H2,1-2H3. The third kappa shape index (κ3) is 5.21. The summed E-state index contributed by atoms with van der Waals surface area (Å²) < 4.78 is 11.3. The van der Waals surface area contributed by atoms with Gasteiger partial charge in [-0.05, 0) is 48.2 Å². The highest BCUT2D eigenvalue weighted by Crippen LogP contribution is 2.27. The lowest BCUT2D eigenvalue weighted by atomic mass is 10.0. The number of ether oxygens (including phenoxy) is 1. The number of hydrogen-bond acceptors (Lipinski definition) is 4. The lowest BCUT2D eigenvalue weighted by Gasteiger charge is -2.07. The molecule has 0 radical (unpaired) electrons. The second-order valence-corrected chi connectivity index (χ2v) is 7.75. The smallest absolute Gasteiger partial charge is 0.258 e. The first-order chi connectivity index (χ1) is 15.2. The fraction of sp³-hybridized carbons (Fsp3) is 0.259. The number of benzene rings is 3. The van der Waals surface area contributed by atoms with Crippen LogP contribution >= 0.6 is 0 Å². The Bertz CT molecular complexity index is 1100. The molecule has 31 heavy (non-hydrogen) atoms.